The molecule has 1 N–H and O–H groups in total. The maximum atomic E-state index is 13.2. The Morgan fingerprint density at radius 3 is 2.71 bits per heavy atom. The van der Waals surface area contributed by atoms with Gasteiger partial charge in [-0.15, -0.1) is 0 Å². The standard InChI is InChI=1S/C15H15ClFN5OS/c16-12-5-9(17)1-4-14(12)24-22-10-2-3-11(22)8-21(7-10)15(23)13-6-18-20-19-13/h1,4-6,10-11H,2-3,7-8H2,(H,18,19,20). The molecule has 1 aromatic carbocycles. The van der Waals surface area contributed by atoms with Gasteiger partial charge in [0, 0.05) is 30.1 Å². The molecule has 6 nitrogen and oxygen atoms in total. The number of H-pyrrole nitrogens is 1. The first-order valence-electron chi connectivity index (χ1n) is 7.68. The lowest BCUT2D eigenvalue weighted by Crippen LogP contribution is -2.52. The van der Waals surface area contributed by atoms with Crippen LogP contribution in [0.2, 0.25) is 5.02 Å². The second-order valence-corrected chi connectivity index (χ2v) is 7.43. The number of rotatable bonds is 3. The molecule has 3 heterocycles. The van der Waals surface area contributed by atoms with Gasteiger partial charge >= 0.3 is 0 Å². The zero-order chi connectivity index (χ0) is 16.7. The second kappa shape index (κ2) is 6.34. The van der Waals surface area contributed by atoms with Gasteiger partial charge in [0.05, 0.1) is 11.2 Å². The molecule has 0 radical (unpaired) electrons. The van der Waals surface area contributed by atoms with E-state index in [0.29, 0.717) is 23.8 Å². The maximum absolute atomic E-state index is 13.2. The molecule has 2 aliphatic rings. The molecule has 24 heavy (non-hydrogen) atoms. The van der Waals surface area contributed by atoms with Crippen LogP contribution in [0, 0.1) is 5.82 Å². The molecule has 1 amide bonds. The first kappa shape index (κ1) is 15.9. The Balaban J connectivity index is 1.48. The molecule has 0 spiro atoms. The van der Waals surface area contributed by atoms with Gasteiger partial charge in [0.2, 0.25) is 0 Å². The number of fused-ring (bicyclic) bond motifs is 2. The summed E-state index contributed by atoms with van der Waals surface area (Å²) in [5, 5.41) is 10.5. The number of carbonyl (C=O) groups is 1. The molecule has 2 bridgehead atoms. The number of hydrogen-bond acceptors (Lipinski definition) is 5. The number of nitrogens with one attached hydrogen (secondary N) is 1. The van der Waals surface area contributed by atoms with Gasteiger partial charge in [0.1, 0.15) is 5.82 Å². The molecule has 2 unspecified atom stereocenters. The number of aromatic amines is 1. The van der Waals surface area contributed by atoms with Crippen molar-refractivity contribution in [3.05, 3.63) is 40.9 Å². The molecular weight excluding hydrogens is 353 g/mol. The summed E-state index contributed by atoms with van der Waals surface area (Å²) in [5.41, 5.74) is 0.345. The lowest BCUT2D eigenvalue weighted by atomic mass is 10.2. The van der Waals surface area contributed by atoms with E-state index in [9.17, 15) is 9.18 Å². The van der Waals surface area contributed by atoms with Crippen LogP contribution >= 0.6 is 23.5 Å². The van der Waals surface area contributed by atoms with Crippen LogP contribution in [0.1, 0.15) is 23.3 Å². The van der Waals surface area contributed by atoms with Crippen molar-refractivity contribution in [2.24, 2.45) is 0 Å². The number of benzene rings is 1. The summed E-state index contributed by atoms with van der Waals surface area (Å²) in [5.74, 6) is -0.430. The van der Waals surface area contributed by atoms with E-state index in [-0.39, 0.29) is 23.8 Å². The van der Waals surface area contributed by atoms with Crippen LogP contribution in [0.15, 0.2) is 29.3 Å². The van der Waals surface area contributed by atoms with E-state index in [0.717, 1.165) is 17.7 Å². The number of likely N-dealkylation sites (tertiary alicyclic amines) is 1. The van der Waals surface area contributed by atoms with Crippen molar-refractivity contribution in [2.45, 2.75) is 29.8 Å². The van der Waals surface area contributed by atoms with Crippen LogP contribution in [-0.2, 0) is 0 Å². The van der Waals surface area contributed by atoms with Gasteiger partial charge in [-0.25, -0.2) is 8.70 Å². The van der Waals surface area contributed by atoms with Gasteiger partial charge in [-0.3, -0.25) is 4.79 Å². The third-order valence-corrected chi connectivity index (χ3v) is 6.22. The van der Waals surface area contributed by atoms with Crippen LogP contribution in [0.5, 0.6) is 0 Å². The van der Waals surface area contributed by atoms with Crippen molar-refractivity contribution >= 4 is 29.5 Å². The van der Waals surface area contributed by atoms with E-state index in [1.807, 2.05) is 4.90 Å². The zero-order valence-electron chi connectivity index (χ0n) is 12.7. The van der Waals surface area contributed by atoms with E-state index >= 15 is 0 Å². The molecule has 9 heteroatoms. The highest BCUT2D eigenvalue weighted by Gasteiger charge is 2.42. The molecule has 0 aliphatic carbocycles. The predicted molar refractivity (Wildman–Crippen MR) is 88.2 cm³/mol. The van der Waals surface area contributed by atoms with Crippen molar-refractivity contribution in [2.75, 3.05) is 13.1 Å². The van der Waals surface area contributed by atoms with Crippen LogP contribution in [0.3, 0.4) is 0 Å². The van der Waals surface area contributed by atoms with Gasteiger partial charge in [-0.05, 0) is 43.0 Å². The summed E-state index contributed by atoms with van der Waals surface area (Å²) >= 11 is 7.69. The lowest BCUT2D eigenvalue weighted by Gasteiger charge is -2.39. The predicted octanol–water partition coefficient (Wildman–Crippen LogP) is 2.59. The van der Waals surface area contributed by atoms with E-state index in [2.05, 4.69) is 19.7 Å². The minimum atomic E-state index is -0.338. The highest BCUT2D eigenvalue weighted by atomic mass is 35.5. The Kier molecular flexibility index (Phi) is 4.19. The van der Waals surface area contributed by atoms with Crippen molar-refractivity contribution < 1.29 is 9.18 Å². The largest absolute Gasteiger partial charge is 0.334 e. The number of amides is 1. The number of piperazine rings is 1. The summed E-state index contributed by atoms with van der Waals surface area (Å²) in [6, 6.07) is 4.96. The highest BCUT2D eigenvalue weighted by molar-refractivity contribution is 7.97. The first-order chi connectivity index (χ1) is 11.6. The van der Waals surface area contributed by atoms with E-state index < -0.39 is 0 Å². The van der Waals surface area contributed by atoms with Gasteiger partial charge in [0.15, 0.2) is 5.69 Å². The summed E-state index contributed by atoms with van der Waals surface area (Å²) in [7, 11) is 0. The Labute approximate surface area is 147 Å². The van der Waals surface area contributed by atoms with Crippen LogP contribution in [0.4, 0.5) is 4.39 Å². The molecule has 4 rings (SSSR count). The number of halogens is 2. The van der Waals surface area contributed by atoms with Gasteiger partial charge in [-0.2, -0.15) is 15.4 Å². The van der Waals surface area contributed by atoms with Crippen LogP contribution < -0.4 is 0 Å². The molecule has 2 atom stereocenters. The van der Waals surface area contributed by atoms with Crippen LogP contribution in [0.25, 0.3) is 0 Å². The van der Waals surface area contributed by atoms with Crippen molar-refractivity contribution in [1.29, 1.82) is 0 Å². The van der Waals surface area contributed by atoms with Crippen LogP contribution in [-0.4, -0.2) is 55.7 Å². The van der Waals surface area contributed by atoms with Crippen molar-refractivity contribution in [3.8, 4) is 0 Å². The molecular formula is C15H15ClFN5OS. The van der Waals surface area contributed by atoms with Crippen molar-refractivity contribution in [3.63, 3.8) is 0 Å². The third-order valence-electron chi connectivity index (χ3n) is 4.43. The molecule has 126 valence electrons. The third kappa shape index (κ3) is 2.89. The Morgan fingerprint density at radius 1 is 1.33 bits per heavy atom. The van der Waals surface area contributed by atoms with Crippen molar-refractivity contribution in [1.82, 2.24) is 24.6 Å². The molecule has 2 fully saturated rings. The monoisotopic (exact) mass is 367 g/mol. The quantitative estimate of drug-likeness (QED) is 0.845. The summed E-state index contributed by atoms with van der Waals surface area (Å²) < 4.78 is 15.5. The normalized spacial score (nSPS) is 23.7. The Morgan fingerprint density at radius 2 is 2.08 bits per heavy atom. The van der Waals surface area contributed by atoms with E-state index in [1.54, 1.807) is 18.0 Å². The Hall–Kier alpha value is -1.64. The fourth-order valence-electron chi connectivity index (χ4n) is 3.31. The first-order valence-corrected chi connectivity index (χ1v) is 8.83. The molecule has 2 aromatic rings. The zero-order valence-corrected chi connectivity index (χ0v) is 14.2. The molecule has 0 saturated carbocycles. The topological polar surface area (TPSA) is 65.1 Å². The minimum Gasteiger partial charge on any atom is -0.334 e. The molecule has 2 aliphatic heterocycles. The highest BCUT2D eigenvalue weighted by Crippen LogP contribution is 2.41. The lowest BCUT2D eigenvalue weighted by molar-refractivity contribution is 0.0622. The summed E-state index contributed by atoms with van der Waals surface area (Å²) in [6.45, 7) is 1.29. The fourth-order valence-corrected chi connectivity index (χ4v) is 4.72. The van der Waals surface area contributed by atoms with Gasteiger partial charge in [0.25, 0.3) is 5.91 Å². The van der Waals surface area contributed by atoms with E-state index in [1.165, 1.54) is 18.3 Å². The smallest absolute Gasteiger partial charge is 0.276 e. The fraction of sp³-hybridized carbons (Fsp3) is 0.400. The number of nitrogens with zero attached hydrogens (tertiary/aromatic N) is 4. The SMILES string of the molecule is O=C(c1cn[nH]n1)N1CC2CCC(C1)N2Sc1ccc(F)cc1Cl. The van der Waals surface area contributed by atoms with Gasteiger partial charge < -0.3 is 4.90 Å². The Bertz CT molecular complexity index is 744. The van der Waals surface area contributed by atoms with E-state index in [4.69, 9.17) is 11.6 Å². The number of carbonyl (C=O) groups excluding carboxylic acids is 1. The molecule has 1 aromatic heterocycles. The summed E-state index contributed by atoms with van der Waals surface area (Å²) in [6.07, 6.45) is 3.50. The molecule has 2 saturated heterocycles. The summed E-state index contributed by atoms with van der Waals surface area (Å²) in [4.78, 5) is 15.1. The minimum absolute atomic E-state index is 0.0925. The second-order valence-electron chi connectivity index (χ2n) is 5.98. The number of hydrogen-bond donors (Lipinski definition) is 1. The van der Waals surface area contributed by atoms with Gasteiger partial charge in [-0.1, -0.05) is 11.6 Å². The number of aromatic nitrogens is 3. The maximum Gasteiger partial charge on any atom is 0.276 e. The average Bonchev–Trinajstić information content (AvgIpc) is 3.16. The average molecular weight is 368 g/mol.